The fraction of sp³-hybridized carbons (Fsp3) is 0.192. The van der Waals surface area contributed by atoms with Crippen molar-refractivity contribution in [1.82, 2.24) is 5.32 Å². The second kappa shape index (κ2) is 12.1. The number of aromatic carboxylic acids is 1. The zero-order valence-corrected chi connectivity index (χ0v) is 21.3. The Hall–Kier alpha value is -4.05. The molecule has 0 aliphatic heterocycles. The predicted octanol–water partition coefficient (Wildman–Crippen LogP) is 4.50. The Morgan fingerprint density at radius 3 is 2.36 bits per heavy atom. The van der Waals surface area contributed by atoms with Crippen LogP contribution in [0.2, 0.25) is 0 Å². The normalized spacial score (nSPS) is 11.3. The number of nitrogens with one attached hydrogen (secondary N) is 1. The highest BCUT2D eigenvalue weighted by Crippen LogP contribution is 2.37. The van der Waals surface area contributed by atoms with Crippen LogP contribution < -0.4 is 25.4 Å². The predicted molar refractivity (Wildman–Crippen MR) is 139 cm³/mol. The number of methoxy groups -OCH3 is 1. The van der Waals surface area contributed by atoms with Gasteiger partial charge in [0.2, 0.25) is 5.91 Å². The summed E-state index contributed by atoms with van der Waals surface area (Å²) in [6, 6.07) is 17.3. The molecule has 4 N–H and O–H groups in total. The van der Waals surface area contributed by atoms with Gasteiger partial charge < -0.3 is 25.6 Å². The zero-order chi connectivity index (χ0) is 26.2. The molecule has 3 amide bonds. The van der Waals surface area contributed by atoms with Gasteiger partial charge in [-0.25, -0.2) is 9.59 Å². The highest BCUT2D eigenvalue weighted by Gasteiger charge is 2.22. The molecule has 188 valence electrons. The van der Waals surface area contributed by atoms with E-state index in [2.05, 4.69) is 21.2 Å². The molecule has 0 aliphatic carbocycles. The van der Waals surface area contributed by atoms with Crippen LogP contribution in [0.15, 0.2) is 71.2 Å². The van der Waals surface area contributed by atoms with Gasteiger partial charge in [0.25, 0.3) is 0 Å². The molecule has 0 saturated heterocycles. The number of hydrogen-bond acceptors (Lipinski definition) is 5. The Labute approximate surface area is 216 Å². The van der Waals surface area contributed by atoms with Crippen molar-refractivity contribution in [2.45, 2.75) is 19.4 Å². The van der Waals surface area contributed by atoms with E-state index in [9.17, 15) is 14.4 Å². The number of halogens is 1. The van der Waals surface area contributed by atoms with Crippen LogP contribution >= 0.6 is 15.9 Å². The van der Waals surface area contributed by atoms with Gasteiger partial charge in [0.1, 0.15) is 18.1 Å². The summed E-state index contributed by atoms with van der Waals surface area (Å²) >= 11 is 3.44. The molecule has 0 unspecified atom stereocenters. The largest absolute Gasteiger partial charge is 0.495 e. The minimum absolute atomic E-state index is 0.0832. The maximum Gasteiger partial charge on any atom is 0.335 e. The fourth-order valence-corrected chi connectivity index (χ4v) is 3.95. The van der Waals surface area contributed by atoms with Crippen LogP contribution in [0, 0.1) is 0 Å². The average molecular weight is 556 g/mol. The lowest BCUT2D eigenvalue weighted by Crippen LogP contribution is -2.37. The lowest BCUT2D eigenvalue weighted by Gasteiger charge is -2.24. The first kappa shape index (κ1) is 26.6. The molecule has 36 heavy (non-hydrogen) atoms. The number of amides is 3. The fourth-order valence-electron chi connectivity index (χ4n) is 3.48. The molecule has 0 spiro atoms. The SMILES string of the molecule is COc1cc(CC(=O)N[C@@H](C)COc2ccc(C(=O)O)cc2)ccc1N(C(N)=O)c1ccccc1Br. The molecule has 3 aromatic rings. The van der Waals surface area contributed by atoms with Crippen LogP contribution in [0.3, 0.4) is 0 Å². The quantitative estimate of drug-likeness (QED) is 0.337. The van der Waals surface area contributed by atoms with Crippen molar-refractivity contribution in [2.75, 3.05) is 18.6 Å². The Bertz CT molecular complexity index is 1250. The molecule has 0 aromatic heterocycles. The van der Waals surface area contributed by atoms with Crippen molar-refractivity contribution < 1.29 is 29.0 Å². The Kier molecular flexibility index (Phi) is 8.91. The number of carbonyl (C=O) groups is 3. The summed E-state index contributed by atoms with van der Waals surface area (Å²) in [4.78, 5) is 37.1. The molecule has 0 radical (unpaired) electrons. The van der Waals surface area contributed by atoms with Crippen molar-refractivity contribution in [3.8, 4) is 11.5 Å². The number of nitrogens with two attached hydrogens (primary N) is 1. The minimum atomic E-state index is -1.01. The average Bonchev–Trinajstić information content (AvgIpc) is 2.84. The topological polar surface area (TPSA) is 131 Å². The lowest BCUT2D eigenvalue weighted by molar-refractivity contribution is -0.121. The van der Waals surface area contributed by atoms with E-state index in [4.69, 9.17) is 20.3 Å². The van der Waals surface area contributed by atoms with Gasteiger partial charge in [-0.3, -0.25) is 9.69 Å². The second-order valence-corrected chi connectivity index (χ2v) is 8.77. The van der Waals surface area contributed by atoms with Gasteiger partial charge in [0.15, 0.2) is 0 Å². The molecule has 0 bridgehead atoms. The number of ether oxygens (including phenoxy) is 2. The first-order valence-electron chi connectivity index (χ1n) is 11.0. The Balaban J connectivity index is 1.64. The second-order valence-electron chi connectivity index (χ2n) is 7.92. The van der Waals surface area contributed by atoms with Crippen LogP contribution in [0.4, 0.5) is 16.2 Å². The number of primary amides is 1. The minimum Gasteiger partial charge on any atom is -0.495 e. The number of carboxylic acid groups (broad SMARTS) is 1. The van der Waals surface area contributed by atoms with Gasteiger partial charge in [-0.2, -0.15) is 0 Å². The molecule has 0 saturated carbocycles. The molecule has 0 fully saturated rings. The van der Waals surface area contributed by atoms with Crippen LogP contribution in [-0.4, -0.2) is 42.8 Å². The summed E-state index contributed by atoms with van der Waals surface area (Å²) in [7, 11) is 1.48. The van der Waals surface area contributed by atoms with Gasteiger partial charge >= 0.3 is 12.0 Å². The highest BCUT2D eigenvalue weighted by molar-refractivity contribution is 9.10. The van der Waals surface area contributed by atoms with Crippen molar-refractivity contribution >= 4 is 45.2 Å². The van der Waals surface area contributed by atoms with E-state index < -0.39 is 12.0 Å². The summed E-state index contributed by atoms with van der Waals surface area (Å²) in [5, 5.41) is 11.8. The van der Waals surface area contributed by atoms with E-state index in [1.165, 1.54) is 24.1 Å². The van der Waals surface area contributed by atoms with Crippen molar-refractivity contribution in [3.63, 3.8) is 0 Å². The monoisotopic (exact) mass is 555 g/mol. The maximum absolute atomic E-state index is 12.6. The summed E-state index contributed by atoms with van der Waals surface area (Å²) in [6.45, 7) is 2.01. The van der Waals surface area contributed by atoms with Gasteiger partial charge in [-0.1, -0.05) is 18.2 Å². The number of nitrogens with zero attached hydrogens (tertiary/aromatic N) is 1. The number of hydrogen-bond donors (Lipinski definition) is 3. The molecular formula is C26H26BrN3O6. The smallest absolute Gasteiger partial charge is 0.335 e. The summed E-state index contributed by atoms with van der Waals surface area (Å²) in [5.74, 6) is -0.344. The Morgan fingerprint density at radius 2 is 1.75 bits per heavy atom. The van der Waals surface area contributed by atoms with Crippen molar-refractivity contribution in [1.29, 1.82) is 0 Å². The summed E-state index contributed by atoms with van der Waals surface area (Å²) in [5.41, 5.74) is 7.51. The number of urea groups is 1. The van der Waals surface area contributed by atoms with Gasteiger partial charge in [-0.05, 0) is 76.9 Å². The maximum atomic E-state index is 12.6. The van der Waals surface area contributed by atoms with Crippen LogP contribution in [0.5, 0.6) is 11.5 Å². The van der Waals surface area contributed by atoms with E-state index >= 15 is 0 Å². The van der Waals surface area contributed by atoms with Crippen LogP contribution in [0.1, 0.15) is 22.8 Å². The number of carboxylic acids is 1. The van der Waals surface area contributed by atoms with E-state index in [-0.39, 0.29) is 30.5 Å². The van der Waals surface area contributed by atoms with Crippen molar-refractivity contribution in [2.24, 2.45) is 5.73 Å². The molecule has 1 atom stereocenters. The molecule has 3 rings (SSSR count). The molecule has 0 aliphatic rings. The first-order valence-corrected chi connectivity index (χ1v) is 11.8. The van der Waals surface area contributed by atoms with Gasteiger partial charge in [0.05, 0.1) is 36.5 Å². The zero-order valence-electron chi connectivity index (χ0n) is 19.7. The summed E-state index contributed by atoms with van der Waals surface area (Å²) < 4.78 is 11.8. The lowest BCUT2D eigenvalue weighted by atomic mass is 10.1. The number of rotatable bonds is 10. The molecule has 0 heterocycles. The standard InChI is InChI=1S/C26H26BrN3O6/c1-16(15-36-19-10-8-18(9-11-19)25(32)33)29-24(31)14-17-7-12-22(23(13-17)35-2)30(26(28)34)21-6-4-3-5-20(21)27/h3-13,16H,14-15H2,1-2H3,(H2,28,34)(H,29,31)(H,32,33)/t16-/m0/s1. The van der Waals surface area contributed by atoms with E-state index in [0.29, 0.717) is 32.9 Å². The van der Waals surface area contributed by atoms with E-state index in [1.54, 1.807) is 55.5 Å². The third-order valence-corrected chi connectivity index (χ3v) is 5.84. The van der Waals surface area contributed by atoms with Crippen LogP contribution in [-0.2, 0) is 11.2 Å². The molecule has 3 aromatic carbocycles. The third-order valence-electron chi connectivity index (χ3n) is 5.17. The third kappa shape index (κ3) is 6.76. The van der Waals surface area contributed by atoms with E-state index in [1.807, 2.05) is 6.07 Å². The number of benzene rings is 3. The number of carbonyl (C=O) groups excluding carboxylic acids is 2. The highest BCUT2D eigenvalue weighted by atomic mass is 79.9. The van der Waals surface area contributed by atoms with Crippen molar-refractivity contribution in [3.05, 3.63) is 82.3 Å². The van der Waals surface area contributed by atoms with Gasteiger partial charge in [-0.15, -0.1) is 0 Å². The summed E-state index contributed by atoms with van der Waals surface area (Å²) in [6.07, 6.45) is 0.0832. The number of para-hydroxylation sites is 1. The van der Waals surface area contributed by atoms with Gasteiger partial charge in [0, 0.05) is 4.47 Å². The first-order chi connectivity index (χ1) is 17.2. The molecular weight excluding hydrogens is 530 g/mol. The van der Waals surface area contributed by atoms with E-state index in [0.717, 1.165) is 0 Å². The molecule has 9 nitrogen and oxygen atoms in total. The number of anilines is 2. The molecule has 10 heteroatoms. The Morgan fingerprint density at radius 1 is 1.06 bits per heavy atom. The van der Waals surface area contributed by atoms with Crippen LogP contribution in [0.25, 0.3) is 0 Å².